The van der Waals surface area contributed by atoms with Crippen LogP contribution in [0, 0.1) is 0 Å². The van der Waals surface area contributed by atoms with E-state index in [9.17, 15) is 21.9 Å². The average molecular weight is 1590 g/mol. The number of nitrogens with zero attached hydrogens (tertiary/aromatic N) is 7. The lowest BCUT2D eigenvalue weighted by atomic mass is 9.33. The van der Waals surface area contributed by atoms with Crippen molar-refractivity contribution in [2.24, 2.45) is 0 Å². The molecule has 3 aromatic heterocycles. The Bertz CT molecular complexity index is 8000. The average Bonchev–Trinajstić information content (AvgIpc) is 1.69. The fourth-order valence-corrected chi connectivity index (χ4v) is 17.6. The summed E-state index contributed by atoms with van der Waals surface area (Å²) >= 11 is 0. The minimum atomic E-state index is -0.815. The lowest BCUT2D eigenvalue weighted by Crippen LogP contribution is -2.61. The lowest BCUT2D eigenvalue weighted by Gasteiger charge is -2.46. The smallest absolute Gasteiger partial charge is 0.252 e. The molecule has 0 radical (unpaired) electrons. The van der Waals surface area contributed by atoms with Crippen LogP contribution < -0.4 is 26.2 Å². The third kappa shape index (κ3) is 13.3. The molecule has 0 N–H and O–H groups in total. The van der Waals surface area contributed by atoms with E-state index < -0.39 is 154 Å². The fourth-order valence-electron chi connectivity index (χ4n) is 17.6. The zero-order valence-corrected chi connectivity index (χ0v) is 70.6. The number of hydrogen-bond donors (Lipinski definition) is 0. The van der Waals surface area contributed by atoms with Crippen LogP contribution in [0.2, 0.25) is 0 Å². The predicted molar refractivity (Wildman–Crippen MR) is 514 cm³/mol. The number of anilines is 6. The van der Waals surface area contributed by atoms with E-state index in [1.54, 1.807) is 4.57 Å². The molecule has 7 nitrogen and oxygen atoms in total. The van der Waals surface area contributed by atoms with Gasteiger partial charge in [-0.05, 0) is 202 Å². The van der Waals surface area contributed by atoms with Crippen molar-refractivity contribution in [1.82, 2.24) is 24.1 Å². The van der Waals surface area contributed by atoms with Gasteiger partial charge in [-0.1, -0.05) is 340 Å². The van der Waals surface area contributed by atoms with Gasteiger partial charge in [0.25, 0.3) is 6.71 Å². The van der Waals surface area contributed by atoms with Crippen LogP contribution in [0.1, 0.15) is 156 Å². The molecule has 5 heterocycles. The number of benzene rings is 15. The third-order valence-electron chi connectivity index (χ3n) is 24.1. The van der Waals surface area contributed by atoms with Gasteiger partial charge in [-0.3, -0.25) is 0 Å². The van der Waals surface area contributed by atoms with Gasteiger partial charge in [0, 0.05) is 83.5 Å². The van der Waals surface area contributed by atoms with Gasteiger partial charge >= 0.3 is 0 Å². The van der Waals surface area contributed by atoms with E-state index in [0.29, 0.717) is 50.9 Å². The minimum absolute atomic E-state index is 0.0621. The van der Waals surface area contributed by atoms with Crippen molar-refractivity contribution in [2.75, 3.05) is 9.80 Å². The highest BCUT2D eigenvalue weighted by atomic mass is 15.2. The summed E-state index contributed by atoms with van der Waals surface area (Å²) in [5.41, 5.74) is 17.3. The van der Waals surface area contributed by atoms with Gasteiger partial charge in [0.15, 0.2) is 17.5 Å². The van der Waals surface area contributed by atoms with Crippen molar-refractivity contribution in [1.29, 1.82) is 0 Å². The molecule has 0 spiro atoms. The number of aromatic nitrogens is 5. The van der Waals surface area contributed by atoms with Crippen LogP contribution in [0.5, 0.6) is 0 Å². The summed E-state index contributed by atoms with van der Waals surface area (Å²) in [6.07, 6.45) is 0. The molecule has 0 atom stereocenters. The predicted octanol–water partition coefficient (Wildman–Crippen LogP) is 28.3. The van der Waals surface area contributed by atoms with Crippen LogP contribution in [0.25, 0.3) is 134 Å². The van der Waals surface area contributed by atoms with Gasteiger partial charge in [-0.15, -0.1) is 0 Å². The highest BCUT2D eigenvalue weighted by Crippen LogP contribution is 2.55. The first-order valence-corrected chi connectivity index (χ1v) is 41.4. The first-order valence-electron chi connectivity index (χ1n) is 50.4. The summed E-state index contributed by atoms with van der Waals surface area (Å²) < 4.78 is 174. The van der Waals surface area contributed by atoms with E-state index in [0.717, 1.165) is 105 Å². The molecule has 590 valence electrons. The Morgan fingerprint density at radius 1 is 0.256 bits per heavy atom. The van der Waals surface area contributed by atoms with E-state index in [-0.39, 0.29) is 44.0 Å². The molecular weight excluding hydrogens is 1470 g/mol. The first kappa shape index (κ1) is 58.5. The molecular formula is C113H100BN7. The van der Waals surface area contributed by atoms with Crippen LogP contribution in [-0.4, -0.2) is 30.8 Å². The van der Waals surface area contributed by atoms with Crippen molar-refractivity contribution in [3.63, 3.8) is 0 Å². The van der Waals surface area contributed by atoms with Gasteiger partial charge in [-0.25, -0.2) is 15.0 Å². The van der Waals surface area contributed by atoms with Gasteiger partial charge in [0.1, 0.15) is 0 Å². The van der Waals surface area contributed by atoms with Crippen LogP contribution in [0.3, 0.4) is 0 Å². The van der Waals surface area contributed by atoms with Crippen molar-refractivity contribution in [3.05, 3.63) is 361 Å². The number of fused-ring (bicyclic) bond motifs is 10. The minimum Gasteiger partial charge on any atom is -0.311 e. The maximum absolute atomic E-state index is 10.0. The highest BCUT2D eigenvalue weighted by Gasteiger charge is 2.46. The van der Waals surface area contributed by atoms with E-state index in [1.807, 2.05) is 91.0 Å². The van der Waals surface area contributed by atoms with E-state index in [2.05, 4.69) is 252 Å². The van der Waals surface area contributed by atoms with E-state index in [4.69, 9.17) is 17.7 Å². The highest BCUT2D eigenvalue weighted by molar-refractivity contribution is 7.00. The molecule has 0 fully saturated rings. The molecule has 0 amide bonds. The quantitative estimate of drug-likeness (QED) is 0.121. The largest absolute Gasteiger partial charge is 0.311 e. The maximum Gasteiger partial charge on any atom is 0.252 e. The Morgan fingerprint density at radius 2 is 0.669 bits per heavy atom. The zero-order valence-electron chi connectivity index (χ0n) is 88.6. The van der Waals surface area contributed by atoms with Crippen molar-refractivity contribution >= 4 is 101 Å². The molecule has 121 heavy (non-hydrogen) atoms. The number of para-hydroxylation sites is 2. The molecule has 0 aliphatic carbocycles. The molecule has 0 bridgehead atoms. The monoisotopic (exact) mass is 1580 g/mol. The molecule has 2 aliphatic rings. The number of rotatable bonds is 11. The maximum atomic E-state index is 10.0. The van der Waals surface area contributed by atoms with Crippen molar-refractivity contribution in [3.8, 4) is 90.0 Å². The summed E-state index contributed by atoms with van der Waals surface area (Å²) in [4.78, 5) is 20.4. The second kappa shape index (κ2) is 28.7. The Morgan fingerprint density at radius 3 is 1.17 bits per heavy atom. The summed E-state index contributed by atoms with van der Waals surface area (Å²) in [7, 11) is 0. The molecule has 0 unspecified atom stereocenters. The summed E-state index contributed by atoms with van der Waals surface area (Å²) in [6, 6.07) is 67.0. The number of hydrogen-bond acceptors (Lipinski definition) is 5. The lowest BCUT2D eigenvalue weighted by molar-refractivity contribution is 0.569. The SMILES string of the molecule is [2H]c1c([2H])c([2H])c(-c2nc(-c3cc(C(C)(C)C)cc(-c4ccccc4)c3N3c4cc(-n5c6ccc(C(C)(C)C)cc6c6cc(C(C)(C)C)ccc65)ccc4B4c5ccc(-n6c7c([2H])c([2H])c([2H])c([2H])c7c7c([2H])c([2H])c([2H])c([2H])c76)cc5N(c5ccc(-c6ccccc6)cc5-c5ccccc5)c5cc(-c6cc(C(C)(C)C)cc(C(C)(C)C)c6)cc3c54)nc(-c3c([2H])c([2H])c([2H])c([2H])c3[2H])n2)c([2H])c1[2H]. The van der Waals surface area contributed by atoms with Crippen molar-refractivity contribution in [2.45, 2.75) is 131 Å². The first-order chi connectivity index (χ1) is 65.6. The topological polar surface area (TPSA) is 55.0 Å². The van der Waals surface area contributed by atoms with Crippen LogP contribution in [0.4, 0.5) is 34.1 Å². The zero-order chi connectivity index (χ0) is 99.0. The van der Waals surface area contributed by atoms with Gasteiger partial charge < -0.3 is 18.9 Å². The second-order valence-electron chi connectivity index (χ2n) is 37.2. The van der Waals surface area contributed by atoms with Gasteiger partial charge in [-0.2, -0.15) is 0 Å². The fraction of sp³-hybridized carbons (Fsp3) is 0.177. The van der Waals surface area contributed by atoms with Crippen LogP contribution in [0.15, 0.2) is 333 Å². The van der Waals surface area contributed by atoms with E-state index >= 15 is 0 Å². The van der Waals surface area contributed by atoms with Gasteiger partial charge in [0.2, 0.25) is 0 Å². The standard InChI is InChI=1S/C113H100BN7/c1-109(2,3)79-50-57-98-90(65-79)91-66-80(110(4,5)6)51-58-99(91)119(98)85-53-55-94-101(70-85)121(105-89(73-39-25-18-26-40-73)67-83(113(13,14)15)68-92(105)108-116-106(74-41-27-19-28-42-74)115-107(117-108)75-43-29-20-30-44-75)103-63-78(77-59-81(111(7,8)9)64-82(60-77)112(10,11)12)62-102-104(103)114(94)93-54-52-84(118-95-47-33-31-45-86(95)87-46-32-34-48-96(87)118)69-100(93)120(102)97-56-49-76(71-35-21-16-22-36-71)61-88(97)72-37-23-17-24-38-72/h16-70H,1-15H3/i19D,20D,27D,28D,29D,30D,31D,32D,33D,34D,41D,42D,43D,44D,45D,46D,47D,48D. The molecule has 15 aromatic carbocycles. The molecule has 0 saturated carbocycles. The Kier molecular flexibility index (Phi) is 13.8. The Balaban J connectivity index is 1.03. The molecule has 8 heteroatoms. The van der Waals surface area contributed by atoms with Crippen LogP contribution in [-0.2, 0) is 27.1 Å². The Hall–Kier alpha value is -13.4. The van der Waals surface area contributed by atoms with E-state index in [1.165, 1.54) is 0 Å². The summed E-state index contributed by atoms with van der Waals surface area (Å²) in [5, 5.41) is 1.89. The van der Waals surface area contributed by atoms with Crippen molar-refractivity contribution < 1.29 is 24.7 Å². The van der Waals surface area contributed by atoms with Gasteiger partial charge in [0.05, 0.1) is 58.1 Å². The molecule has 2 aliphatic heterocycles. The van der Waals surface area contributed by atoms with Crippen LogP contribution >= 0.6 is 0 Å². The summed E-state index contributed by atoms with van der Waals surface area (Å²) in [6.45, 7) is 32.0. The second-order valence-corrected chi connectivity index (χ2v) is 37.2. The summed E-state index contributed by atoms with van der Waals surface area (Å²) in [5.74, 6) is -1.09. The molecule has 0 saturated heterocycles. The molecule has 18 aromatic rings. The Labute approximate surface area is 737 Å². The normalized spacial score (nSPS) is 15.1. The third-order valence-corrected chi connectivity index (χ3v) is 24.1. The molecule has 20 rings (SSSR count).